The number of aromatic nitrogens is 8. The average molecular weight is 659 g/mol. The summed E-state index contributed by atoms with van der Waals surface area (Å²) in [4.78, 5) is 54.1. The van der Waals surface area contributed by atoms with E-state index in [0.29, 0.717) is 9.25 Å². The predicted molar refractivity (Wildman–Crippen MR) is 142 cm³/mol. The summed E-state index contributed by atoms with van der Waals surface area (Å²) in [5.74, 6) is -3.83. The highest BCUT2D eigenvalue weighted by atomic mass is 31.2. The molecule has 0 amide bonds. The maximum Gasteiger partial charge on any atom is 0.471 e. The number of nitrogens with zero attached hydrogens (tertiary/aromatic N) is 8. The molecule has 6 heterocycles. The van der Waals surface area contributed by atoms with Crippen LogP contribution in [0.25, 0.3) is 27.8 Å². The van der Waals surface area contributed by atoms with Gasteiger partial charge < -0.3 is 19.4 Å². The molecule has 6 rings (SSSR count). The maximum atomic E-state index is 15.3. The van der Waals surface area contributed by atoms with Crippen LogP contribution in [0.4, 0.5) is 27.8 Å². The fourth-order valence-corrected chi connectivity index (χ4v) is 4.97. The number of aromatic amines is 1. The van der Waals surface area contributed by atoms with Gasteiger partial charge >= 0.3 is 25.6 Å². The topological polar surface area (TPSA) is 195 Å². The molecule has 0 aromatic carbocycles. The fraction of sp³-hybridized carbons (Fsp3) is 0.304. The summed E-state index contributed by atoms with van der Waals surface area (Å²) in [6, 6.07) is 3.74. The molecule has 45 heavy (non-hydrogen) atoms. The van der Waals surface area contributed by atoms with Gasteiger partial charge in [0.05, 0.1) is 42.3 Å². The monoisotopic (exact) mass is 659 g/mol. The number of hydrogen-bond donors (Lipinski definition) is 3. The van der Waals surface area contributed by atoms with E-state index in [9.17, 15) is 27.3 Å². The van der Waals surface area contributed by atoms with Gasteiger partial charge in [0.15, 0.2) is 11.8 Å². The van der Waals surface area contributed by atoms with Gasteiger partial charge in [-0.25, -0.2) is 28.1 Å². The lowest BCUT2D eigenvalue weighted by Crippen LogP contribution is -2.36. The molecule has 22 heteroatoms. The quantitative estimate of drug-likeness (QED) is 0.161. The molecule has 5 aromatic heterocycles. The van der Waals surface area contributed by atoms with Gasteiger partial charge in [-0.05, 0) is 0 Å². The highest BCUT2D eigenvalue weighted by molar-refractivity contribution is 7.46. The molecule has 1 saturated heterocycles. The summed E-state index contributed by atoms with van der Waals surface area (Å²) in [6.45, 7) is -3.70. The summed E-state index contributed by atoms with van der Waals surface area (Å²) in [5.41, 5.74) is -2.26. The minimum absolute atomic E-state index is 0.0229. The number of ether oxygens (including phenoxy) is 1. The molecule has 1 aliphatic heterocycles. The van der Waals surface area contributed by atoms with Crippen molar-refractivity contribution in [1.82, 2.24) is 38.9 Å². The van der Waals surface area contributed by atoms with Crippen LogP contribution in [0.15, 0.2) is 52.6 Å². The van der Waals surface area contributed by atoms with E-state index in [1.165, 1.54) is 27.7 Å². The molecule has 0 aliphatic carbocycles. The minimum atomic E-state index is -4.98. The number of fused-ring (bicyclic) bond motifs is 2. The molecule has 0 radical (unpaired) electrons. The Bertz CT molecular complexity index is 2090. The summed E-state index contributed by atoms with van der Waals surface area (Å²) in [7, 11) is -4.98. The molecular weight excluding hydrogens is 640 g/mol. The second kappa shape index (κ2) is 10.7. The summed E-state index contributed by atoms with van der Waals surface area (Å²) in [6.07, 6.45) is -1.84. The van der Waals surface area contributed by atoms with Crippen molar-refractivity contribution in [3.8, 4) is 17.1 Å². The van der Waals surface area contributed by atoms with Crippen molar-refractivity contribution >= 4 is 30.2 Å². The van der Waals surface area contributed by atoms with Gasteiger partial charge in [0.25, 0.3) is 5.56 Å². The number of phosphoric acid groups is 1. The van der Waals surface area contributed by atoms with Crippen molar-refractivity contribution in [2.24, 2.45) is 0 Å². The van der Waals surface area contributed by atoms with E-state index in [4.69, 9.17) is 14.5 Å². The third kappa shape index (κ3) is 6.27. The SMILES string of the molecule is O=c1[nH]c(=O)n(COP(=O)(O)O)cc1-c1cc(N2C[C@H](Oc3cc4c(cn3)cnn4CC(F)(F)F)C(F)(F)C2)n2nccc2n1. The Kier molecular flexibility index (Phi) is 7.22. The van der Waals surface area contributed by atoms with Crippen molar-refractivity contribution in [3.63, 3.8) is 0 Å². The zero-order chi connectivity index (χ0) is 32.3. The van der Waals surface area contributed by atoms with Crippen LogP contribution in [0.3, 0.4) is 0 Å². The second-order valence-electron chi connectivity index (χ2n) is 9.87. The first-order chi connectivity index (χ1) is 21.1. The Morgan fingerprint density at radius 3 is 2.67 bits per heavy atom. The number of phosphoric ester groups is 1. The summed E-state index contributed by atoms with van der Waals surface area (Å²) in [5, 5.41) is 8.01. The van der Waals surface area contributed by atoms with Crippen LogP contribution in [0.5, 0.6) is 5.88 Å². The van der Waals surface area contributed by atoms with Crippen molar-refractivity contribution in [2.75, 3.05) is 18.0 Å². The van der Waals surface area contributed by atoms with Crippen molar-refractivity contribution in [2.45, 2.75) is 31.5 Å². The smallest absolute Gasteiger partial charge is 0.466 e. The molecule has 0 spiro atoms. The van der Waals surface area contributed by atoms with Crippen molar-refractivity contribution in [1.29, 1.82) is 0 Å². The number of hydrogen-bond acceptors (Lipinski definition) is 10. The number of alkyl halides is 5. The van der Waals surface area contributed by atoms with E-state index < -0.39 is 63.6 Å². The third-order valence-electron chi connectivity index (χ3n) is 6.67. The van der Waals surface area contributed by atoms with Crippen LogP contribution in [-0.2, 0) is 22.4 Å². The third-order valence-corrected chi connectivity index (χ3v) is 7.12. The Balaban J connectivity index is 1.32. The van der Waals surface area contributed by atoms with Crippen LogP contribution in [-0.4, -0.2) is 80.0 Å². The normalized spacial score (nSPS) is 17.0. The van der Waals surface area contributed by atoms with Crippen LogP contribution in [0.2, 0.25) is 0 Å². The predicted octanol–water partition coefficient (Wildman–Crippen LogP) is 1.52. The number of anilines is 1. The van der Waals surface area contributed by atoms with Gasteiger partial charge in [-0.1, -0.05) is 0 Å². The largest absolute Gasteiger partial charge is 0.471 e. The van der Waals surface area contributed by atoms with E-state index in [2.05, 4.69) is 24.7 Å². The molecule has 238 valence electrons. The zero-order valence-electron chi connectivity index (χ0n) is 22.3. The van der Waals surface area contributed by atoms with E-state index >= 15 is 8.78 Å². The van der Waals surface area contributed by atoms with Gasteiger partial charge in [0, 0.05) is 36.0 Å². The Morgan fingerprint density at radius 1 is 1.16 bits per heavy atom. The number of H-pyrrole nitrogens is 1. The summed E-state index contributed by atoms with van der Waals surface area (Å²) < 4.78 is 92.9. The Hall–Kier alpha value is -4.72. The van der Waals surface area contributed by atoms with Gasteiger partial charge in [0.1, 0.15) is 19.1 Å². The van der Waals surface area contributed by atoms with Crippen LogP contribution < -0.4 is 20.9 Å². The molecule has 1 fully saturated rings. The van der Waals surface area contributed by atoms with Gasteiger partial charge in [-0.2, -0.15) is 27.9 Å². The Morgan fingerprint density at radius 2 is 1.93 bits per heavy atom. The van der Waals surface area contributed by atoms with E-state index in [1.807, 2.05) is 4.98 Å². The first-order valence-electron chi connectivity index (χ1n) is 12.6. The molecule has 1 aliphatic rings. The highest BCUT2D eigenvalue weighted by Crippen LogP contribution is 2.37. The van der Waals surface area contributed by atoms with Crippen LogP contribution in [0, 0.1) is 0 Å². The van der Waals surface area contributed by atoms with Crippen molar-refractivity contribution < 1.29 is 45.6 Å². The standard InChI is InChI=1S/C23H19F5N9O7P/c24-22(25)9-34(8-16(22)44-18-4-15-12(5-29-18)6-31-36(15)10-23(26,27)28)19-3-14(32-17-1-2-30-37(17)19)13-7-35(11-43-45(40,41)42)21(39)33-20(13)38/h1-7,16H,8-11H2,(H,33,38,39)(H2,40,41,42)/t16-/m0/s1. The van der Waals surface area contributed by atoms with E-state index in [0.717, 1.165) is 24.7 Å². The molecule has 0 unspecified atom stereocenters. The first-order valence-corrected chi connectivity index (χ1v) is 14.2. The number of nitrogens with one attached hydrogen (secondary N) is 1. The molecule has 5 aromatic rings. The van der Waals surface area contributed by atoms with Gasteiger partial charge in [0.2, 0.25) is 5.88 Å². The minimum Gasteiger partial charge on any atom is -0.466 e. The lowest BCUT2D eigenvalue weighted by Gasteiger charge is -2.19. The van der Waals surface area contributed by atoms with E-state index in [-0.39, 0.29) is 39.5 Å². The number of rotatable bonds is 8. The highest BCUT2D eigenvalue weighted by Gasteiger charge is 2.51. The lowest BCUT2D eigenvalue weighted by molar-refractivity contribution is -0.141. The molecular formula is C23H19F5N9O7P. The van der Waals surface area contributed by atoms with Gasteiger partial charge in [-0.15, -0.1) is 0 Å². The van der Waals surface area contributed by atoms with Gasteiger partial charge in [-0.3, -0.25) is 23.6 Å². The molecule has 0 bridgehead atoms. The van der Waals surface area contributed by atoms with E-state index in [1.54, 1.807) is 0 Å². The molecule has 3 N–H and O–H groups in total. The molecule has 16 nitrogen and oxygen atoms in total. The zero-order valence-corrected chi connectivity index (χ0v) is 23.2. The molecule has 1 atom stereocenters. The fourth-order valence-electron chi connectivity index (χ4n) is 4.70. The maximum absolute atomic E-state index is 15.3. The number of halogens is 5. The number of pyridine rings is 1. The van der Waals surface area contributed by atoms with Crippen molar-refractivity contribution in [3.05, 3.63) is 63.8 Å². The average Bonchev–Trinajstić information content (AvgIpc) is 3.63. The summed E-state index contributed by atoms with van der Waals surface area (Å²) >= 11 is 0. The second-order valence-corrected chi connectivity index (χ2v) is 11.1. The lowest BCUT2D eigenvalue weighted by atomic mass is 10.2. The van der Waals surface area contributed by atoms with Crippen LogP contribution >= 0.6 is 7.82 Å². The van der Waals surface area contributed by atoms with Crippen LogP contribution in [0.1, 0.15) is 0 Å². The Labute approximate surface area is 245 Å². The first kappa shape index (κ1) is 30.3. The molecule has 0 saturated carbocycles.